The van der Waals surface area contributed by atoms with Crippen LogP contribution in [0.3, 0.4) is 0 Å². The van der Waals surface area contributed by atoms with Crippen molar-refractivity contribution in [3.63, 3.8) is 0 Å². The molecule has 0 aromatic rings. The minimum absolute atomic E-state index is 0.214. The Kier molecular flexibility index (Phi) is 4.16. The maximum absolute atomic E-state index is 5.74. The lowest BCUT2D eigenvalue weighted by Crippen LogP contribution is -2.35. The molecule has 1 nitrogen and oxygen atoms in total. The van der Waals surface area contributed by atoms with E-state index in [9.17, 15) is 0 Å². The Morgan fingerprint density at radius 3 is 2.25 bits per heavy atom. The van der Waals surface area contributed by atoms with Crippen LogP contribution in [0.1, 0.15) is 13.8 Å². The summed E-state index contributed by atoms with van der Waals surface area (Å²) < 4.78 is -0.290. The molecule has 0 aromatic carbocycles. The molecule has 0 heterocycles. The second-order valence-electron chi connectivity index (χ2n) is 1.95. The highest BCUT2D eigenvalue weighted by molar-refractivity contribution is 6.95. The number of rotatable bonds is 3. The van der Waals surface area contributed by atoms with Crippen LogP contribution in [0.25, 0.3) is 0 Å². The van der Waals surface area contributed by atoms with Crippen molar-refractivity contribution < 1.29 is 0 Å². The van der Waals surface area contributed by atoms with Gasteiger partial charge in [-0.1, -0.05) is 13.8 Å². The fraction of sp³-hybridized carbons (Fsp3) is 1.00. The molecule has 3 radical (unpaired) electrons. The van der Waals surface area contributed by atoms with E-state index in [1.54, 1.807) is 7.41 Å². The molecule has 0 aromatic heterocycles. The van der Waals surface area contributed by atoms with Gasteiger partial charge in [0.05, 0.1) is 0 Å². The van der Waals surface area contributed by atoms with Crippen molar-refractivity contribution in [3.05, 3.63) is 0 Å². The monoisotopic (exact) mass is 166 g/mol. The van der Waals surface area contributed by atoms with Gasteiger partial charge < -0.3 is 4.89 Å². The van der Waals surface area contributed by atoms with Crippen molar-refractivity contribution in [1.82, 2.24) is 4.89 Å². The molecular weight excluding hydrogens is 160 g/mol. The second kappa shape index (κ2) is 3.77. The molecule has 0 saturated heterocycles. The summed E-state index contributed by atoms with van der Waals surface area (Å²) in [4.78, 5) is 2.82. The molecule has 0 aliphatic heterocycles. The van der Waals surface area contributed by atoms with Crippen LogP contribution in [0.2, 0.25) is 0 Å². The van der Waals surface area contributed by atoms with E-state index in [0.29, 0.717) is 0 Å². The van der Waals surface area contributed by atoms with Gasteiger partial charge in [-0.05, 0) is 0 Å². The third kappa shape index (κ3) is 6.82. The first kappa shape index (κ1) is 8.82. The third-order valence-electron chi connectivity index (χ3n) is 0.470. The number of hydrogen-bond donors (Lipinski definition) is 1. The van der Waals surface area contributed by atoms with Crippen molar-refractivity contribution in [2.45, 2.75) is 18.6 Å². The maximum atomic E-state index is 5.74. The van der Waals surface area contributed by atoms with E-state index in [-0.39, 0.29) is 13.8 Å². The van der Waals surface area contributed by atoms with E-state index in [1.807, 2.05) is 13.8 Å². The zero-order chi connectivity index (χ0) is 6.62. The molecular formula is C3H7BCl2NSi. The largest absolute Gasteiger partial charge is 0.370 e. The van der Waals surface area contributed by atoms with Gasteiger partial charge in [0.2, 0.25) is 7.41 Å². The Bertz CT molecular complexity index is 64.8. The Balaban J connectivity index is 3.11. The first-order chi connectivity index (χ1) is 3.56. The van der Waals surface area contributed by atoms with Gasteiger partial charge in [0, 0.05) is 4.77 Å². The van der Waals surface area contributed by atoms with Crippen LogP contribution in [-0.2, 0) is 0 Å². The summed E-state index contributed by atoms with van der Waals surface area (Å²) in [5.74, 6) is 0. The molecule has 0 unspecified atom stereocenters. The first-order valence-corrected chi connectivity index (χ1v) is 4.60. The van der Waals surface area contributed by atoms with Gasteiger partial charge in [0.15, 0.2) is 0 Å². The molecule has 0 aliphatic rings. The zero-order valence-electron chi connectivity index (χ0n) is 4.83. The minimum Gasteiger partial charge on any atom is -0.370 e. The van der Waals surface area contributed by atoms with Crippen molar-refractivity contribution in [2.24, 2.45) is 0 Å². The van der Waals surface area contributed by atoms with E-state index in [0.717, 1.165) is 0 Å². The molecule has 0 bridgehead atoms. The van der Waals surface area contributed by atoms with Crippen molar-refractivity contribution in [1.29, 1.82) is 0 Å². The number of halogens is 2. The highest BCUT2D eigenvalue weighted by atomic mass is 35.6. The number of hydrogen-bond acceptors (Lipinski definition) is 1. The summed E-state index contributed by atoms with van der Waals surface area (Å²) >= 11 is 11.1. The Labute approximate surface area is 63.0 Å². The second-order valence-corrected chi connectivity index (χ2v) is 3.97. The standard InChI is InChI=1S/C3H7BCl2NSi/c1-3(2,5)4-7-8-6/h7H,1-2H3. The third-order valence-corrected chi connectivity index (χ3v) is 1.16. The zero-order valence-corrected chi connectivity index (χ0v) is 7.35. The smallest absolute Gasteiger partial charge is 0.258 e. The summed E-state index contributed by atoms with van der Waals surface area (Å²) in [6, 6.07) is 0. The van der Waals surface area contributed by atoms with E-state index in [2.05, 4.69) is 4.89 Å². The highest BCUT2D eigenvalue weighted by Crippen LogP contribution is 2.07. The molecule has 0 rings (SSSR count). The van der Waals surface area contributed by atoms with Crippen molar-refractivity contribution in [2.75, 3.05) is 0 Å². The molecule has 0 amide bonds. The fourth-order valence-corrected chi connectivity index (χ4v) is 0.924. The Hall–Kier alpha value is 0.822. The van der Waals surface area contributed by atoms with Crippen LogP contribution in [0.15, 0.2) is 0 Å². The molecule has 45 valence electrons. The van der Waals surface area contributed by atoms with E-state index < -0.39 is 0 Å². The molecule has 0 saturated carbocycles. The quantitative estimate of drug-likeness (QED) is 0.374. The molecule has 1 N–H and O–H groups in total. The normalized spacial score (nSPS) is 11.5. The lowest BCUT2D eigenvalue weighted by Gasteiger charge is -2.11. The van der Waals surface area contributed by atoms with Crippen LogP contribution in [0, 0.1) is 0 Å². The van der Waals surface area contributed by atoms with E-state index in [4.69, 9.17) is 22.7 Å². The molecule has 0 fully saturated rings. The van der Waals surface area contributed by atoms with Gasteiger partial charge in [-0.3, -0.25) is 0 Å². The summed E-state index contributed by atoms with van der Waals surface area (Å²) in [6.07, 6.45) is 0. The van der Waals surface area contributed by atoms with Crippen LogP contribution in [0.4, 0.5) is 0 Å². The predicted molar refractivity (Wildman–Crippen MR) is 40.4 cm³/mol. The maximum Gasteiger partial charge on any atom is 0.258 e. The van der Waals surface area contributed by atoms with Gasteiger partial charge in [0.1, 0.15) is 0 Å². The minimum atomic E-state index is -0.290. The van der Waals surface area contributed by atoms with Crippen LogP contribution >= 0.6 is 22.7 Å². The molecule has 0 atom stereocenters. The van der Waals surface area contributed by atoms with Gasteiger partial charge in [0.25, 0.3) is 8.99 Å². The topological polar surface area (TPSA) is 12.0 Å². The average Bonchev–Trinajstić information content (AvgIpc) is 1.59. The number of nitrogens with one attached hydrogen (secondary N) is 1. The van der Waals surface area contributed by atoms with Gasteiger partial charge in [-0.2, -0.15) is 0 Å². The molecule has 5 heteroatoms. The Morgan fingerprint density at radius 1 is 1.62 bits per heavy atom. The summed E-state index contributed by atoms with van der Waals surface area (Å²) in [7, 11) is 1.98. The SMILES string of the molecule is CC(C)(Cl)[B]N[Si]Cl. The first-order valence-electron chi connectivity index (χ1n) is 2.21. The fourth-order valence-electron chi connectivity index (χ4n) is 0.199. The van der Waals surface area contributed by atoms with Crippen LogP contribution in [-0.4, -0.2) is 21.2 Å². The summed E-state index contributed by atoms with van der Waals surface area (Å²) in [6.45, 7) is 3.77. The Morgan fingerprint density at radius 2 is 2.12 bits per heavy atom. The highest BCUT2D eigenvalue weighted by Gasteiger charge is 2.13. The van der Waals surface area contributed by atoms with E-state index in [1.165, 1.54) is 0 Å². The molecule has 0 spiro atoms. The number of alkyl halides is 1. The van der Waals surface area contributed by atoms with Gasteiger partial charge in [-0.15, -0.1) is 22.7 Å². The molecule has 8 heavy (non-hydrogen) atoms. The summed E-state index contributed by atoms with van der Waals surface area (Å²) in [5.41, 5.74) is 0. The lowest BCUT2D eigenvalue weighted by atomic mass is 9.79. The van der Waals surface area contributed by atoms with Crippen LogP contribution in [0.5, 0.6) is 0 Å². The van der Waals surface area contributed by atoms with Crippen molar-refractivity contribution in [3.8, 4) is 0 Å². The lowest BCUT2D eigenvalue weighted by molar-refractivity contribution is 0.964. The average molecular weight is 167 g/mol. The predicted octanol–water partition coefficient (Wildman–Crippen LogP) is 0.943. The van der Waals surface area contributed by atoms with Gasteiger partial charge >= 0.3 is 0 Å². The van der Waals surface area contributed by atoms with Crippen LogP contribution < -0.4 is 4.89 Å². The summed E-state index contributed by atoms with van der Waals surface area (Å²) in [5, 5.41) is 0. The van der Waals surface area contributed by atoms with E-state index >= 15 is 0 Å². The van der Waals surface area contributed by atoms with Gasteiger partial charge in [-0.25, -0.2) is 0 Å². The molecule has 0 aliphatic carbocycles. The van der Waals surface area contributed by atoms with Crippen molar-refractivity contribution >= 4 is 39.1 Å².